The first-order chi connectivity index (χ1) is 26.6. The van der Waals surface area contributed by atoms with Gasteiger partial charge in [0.05, 0.1) is 11.2 Å². The second-order valence-electron chi connectivity index (χ2n) is 15.7. The predicted octanol–water partition coefficient (Wildman–Crippen LogP) is 11.7. The molecule has 0 saturated carbocycles. The lowest BCUT2D eigenvalue weighted by Gasteiger charge is -2.43. The number of hydrogen-bond acceptors (Lipinski definition) is 1. The van der Waals surface area contributed by atoms with Gasteiger partial charge in [0.25, 0.3) is 0 Å². The lowest BCUT2D eigenvalue weighted by atomic mass is 9.43. The van der Waals surface area contributed by atoms with Crippen molar-refractivity contribution in [3.63, 3.8) is 0 Å². The first-order valence-corrected chi connectivity index (χ1v) is 19.1. The zero-order chi connectivity index (χ0) is 35.7. The topological polar surface area (TPSA) is 8.17 Å². The number of nitrogens with zero attached hydrogens (tertiary/aromatic N) is 2. The van der Waals surface area contributed by atoms with Crippen LogP contribution in [0.2, 0.25) is 0 Å². The number of hydrogen-bond donors (Lipinski definition) is 0. The Labute approximate surface area is 315 Å². The normalized spacial score (nSPS) is 14.2. The number of anilines is 2. The monoisotopic (exact) mass is 686 g/mol. The average Bonchev–Trinajstić information content (AvgIpc) is 3.71. The molecule has 0 radical (unpaired) electrons. The van der Waals surface area contributed by atoms with Gasteiger partial charge in [-0.3, -0.25) is 0 Å². The summed E-state index contributed by atoms with van der Waals surface area (Å²) < 4.78 is 2.65. The van der Waals surface area contributed by atoms with E-state index in [1.165, 1.54) is 105 Å². The van der Waals surface area contributed by atoms with Crippen LogP contribution in [-0.4, -0.2) is 11.4 Å². The quantitative estimate of drug-likeness (QED) is 0.168. The van der Waals surface area contributed by atoms with Crippen LogP contribution in [0.15, 0.2) is 176 Å². The number of fused-ring (bicyclic) bond motifs is 11. The fourth-order valence-corrected chi connectivity index (χ4v) is 10.2. The second-order valence-corrected chi connectivity index (χ2v) is 15.7. The van der Waals surface area contributed by atoms with E-state index in [0.717, 1.165) is 0 Å². The first kappa shape index (κ1) is 29.9. The number of rotatable bonds is 3. The van der Waals surface area contributed by atoms with E-state index in [1.54, 1.807) is 0 Å². The van der Waals surface area contributed by atoms with E-state index in [1.807, 2.05) is 0 Å². The maximum atomic E-state index is 2.66. The van der Waals surface area contributed by atoms with Gasteiger partial charge in [-0.15, -0.1) is 0 Å². The highest BCUT2D eigenvalue weighted by atomic mass is 15.1. The SMILES string of the molecule is CC1(C)c2ccccc2-c2c1c1cccc3c1n2-c1cc(-c2ccccc2)cc2c1B3N(c1ccc(-c3ccccc3)cc1)c1c-2ccc2ccccc12. The number of aromatic nitrogens is 1. The average molecular weight is 687 g/mol. The minimum absolute atomic E-state index is 0.0368. The van der Waals surface area contributed by atoms with Crippen LogP contribution in [0.25, 0.3) is 72.0 Å². The summed E-state index contributed by atoms with van der Waals surface area (Å²) in [5.41, 5.74) is 20.7. The molecule has 0 atom stereocenters. The maximum absolute atomic E-state index is 2.66. The van der Waals surface area contributed by atoms with E-state index in [4.69, 9.17) is 0 Å². The van der Waals surface area contributed by atoms with Crippen molar-refractivity contribution in [1.29, 1.82) is 0 Å². The van der Waals surface area contributed by atoms with Crippen molar-refractivity contribution < 1.29 is 0 Å². The van der Waals surface area contributed by atoms with Crippen molar-refractivity contribution in [1.82, 2.24) is 4.57 Å². The van der Waals surface area contributed by atoms with E-state index >= 15 is 0 Å². The summed E-state index contributed by atoms with van der Waals surface area (Å²) in [6.07, 6.45) is 0. The molecule has 3 aliphatic rings. The molecule has 2 aliphatic heterocycles. The van der Waals surface area contributed by atoms with Crippen LogP contribution in [0.5, 0.6) is 0 Å². The Bertz CT molecular complexity index is 3010. The summed E-state index contributed by atoms with van der Waals surface area (Å²) in [7, 11) is 0. The standard InChI is InChI=1S/C51H35BN2/c1-51(2)43-22-12-11-20-40(43)50-46(51)41-21-13-23-44-49(41)53(50)45-31-36(33-16-7-4-8-17-33)30-42-39-29-26-35-18-9-10-19-38(35)48(39)54(52(44)47(42)45)37-27-24-34(25-28-37)32-14-5-3-6-15-32/h3-31H,1-2H3. The van der Waals surface area contributed by atoms with Gasteiger partial charge in [0, 0.05) is 44.4 Å². The van der Waals surface area contributed by atoms with E-state index in [0.29, 0.717) is 0 Å². The molecule has 3 heterocycles. The zero-order valence-corrected chi connectivity index (χ0v) is 30.2. The van der Waals surface area contributed by atoms with E-state index in [2.05, 4.69) is 199 Å². The molecule has 0 N–H and O–H groups in total. The number of benzene rings is 8. The lowest BCUT2D eigenvalue weighted by molar-refractivity contribution is 0.666. The van der Waals surface area contributed by atoms with Crippen LogP contribution in [0.4, 0.5) is 11.4 Å². The Morgan fingerprint density at radius 2 is 1.17 bits per heavy atom. The highest BCUT2D eigenvalue weighted by Crippen LogP contribution is 2.55. The molecule has 12 rings (SSSR count). The molecule has 2 nitrogen and oxygen atoms in total. The van der Waals surface area contributed by atoms with Crippen molar-refractivity contribution in [3.8, 4) is 50.3 Å². The highest BCUT2D eigenvalue weighted by molar-refractivity contribution is 6.93. The lowest BCUT2D eigenvalue weighted by Crippen LogP contribution is -2.60. The van der Waals surface area contributed by atoms with E-state index in [-0.39, 0.29) is 12.3 Å². The molecule has 1 aliphatic carbocycles. The van der Waals surface area contributed by atoms with Gasteiger partial charge in [-0.25, -0.2) is 0 Å². The maximum Gasteiger partial charge on any atom is 0.333 e. The zero-order valence-electron chi connectivity index (χ0n) is 30.2. The van der Waals surface area contributed by atoms with Crippen molar-refractivity contribution in [2.75, 3.05) is 4.81 Å². The van der Waals surface area contributed by atoms with E-state index in [9.17, 15) is 0 Å². The van der Waals surface area contributed by atoms with Gasteiger partial charge >= 0.3 is 6.85 Å². The summed E-state index contributed by atoms with van der Waals surface area (Å²) in [5.74, 6) is 0. The van der Waals surface area contributed by atoms with Crippen molar-refractivity contribution in [2.45, 2.75) is 19.3 Å². The molecule has 0 fully saturated rings. The van der Waals surface area contributed by atoms with Crippen molar-refractivity contribution in [3.05, 3.63) is 187 Å². The predicted molar refractivity (Wildman–Crippen MR) is 228 cm³/mol. The fourth-order valence-electron chi connectivity index (χ4n) is 10.2. The minimum Gasteiger partial charge on any atom is -0.376 e. The molecule has 1 aromatic heterocycles. The van der Waals surface area contributed by atoms with Crippen molar-refractivity contribution in [2.24, 2.45) is 0 Å². The summed E-state index contributed by atoms with van der Waals surface area (Å²) in [6, 6.07) is 65.6. The smallest absolute Gasteiger partial charge is 0.333 e. The van der Waals surface area contributed by atoms with Crippen LogP contribution in [0.3, 0.4) is 0 Å². The molecule has 9 aromatic rings. The molecule has 252 valence electrons. The Morgan fingerprint density at radius 3 is 1.96 bits per heavy atom. The van der Waals surface area contributed by atoms with Crippen LogP contribution in [-0.2, 0) is 5.41 Å². The van der Waals surface area contributed by atoms with Gasteiger partial charge in [-0.1, -0.05) is 166 Å². The molecular weight excluding hydrogens is 651 g/mol. The first-order valence-electron chi connectivity index (χ1n) is 19.1. The van der Waals surface area contributed by atoms with Crippen molar-refractivity contribution >= 4 is 50.8 Å². The van der Waals surface area contributed by atoms with Gasteiger partial charge in [-0.05, 0) is 79.5 Å². The van der Waals surface area contributed by atoms with Gasteiger partial charge in [-0.2, -0.15) is 0 Å². The molecule has 0 saturated heterocycles. The third-order valence-corrected chi connectivity index (χ3v) is 12.5. The molecule has 54 heavy (non-hydrogen) atoms. The molecular formula is C51H35BN2. The van der Waals surface area contributed by atoms with Crippen LogP contribution < -0.4 is 15.7 Å². The van der Waals surface area contributed by atoms with Gasteiger partial charge in [0.2, 0.25) is 0 Å². The van der Waals surface area contributed by atoms with Gasteiger partial charge < -0.3 is 9.38 Å². The minimum atomic E-state index is -0.139. The molecule has 3 heteroatoms. The fraction of sp³-hybridized carbons (Fsp3) is 0.0588. The molecule has 0 spiro atoms. The molecule has 8 aromatic carbocycles. The molecule has 0 unspecified atom stereocenters. The van der Waals surface area contributed by atoms with Gasteiger partial charge in [0.15, 0.2) is 0 Å². The highest BCUT2D eigenvalue weighted by Gasteiger charge is 2.48. The summed E-state index contributed by atoms with van der Waals surface area (Å²) >= 11 is 0. The third-order valence-electron chi connectivity index (χ3n) is 12.5. The largest absolute Gasteiger partial charge is 0.376 e. The van der Waals surface area contributed by atoms with Crippen LogP contribution >= 0.6 is 0 Å². The summed E-state index contributed by atoms with van der Waals surface area (Å²) in [6.45, 7) is 4.79. The Balaban J connectivity index is 1.24. The van der Waals surface area contributed by atoms with Crippen LogP contribution in [0, 0.1) is 0 Å². The molecule has 0 amide bonds. The Morgan fingerprint density at radius 1 is 0.500 bits per heavy atom. The Hall–Kier alpha value is -6.58. The van der Waals surface area contributed by atoms with E-state index < -0.39 is 0 Å². The van der Waals surface area contributed by atoms with Gasteiger partial charge in [0.1, 0.15) is 0 Å². The number of para-hydroxylation sites is 1. The third kappa shape index (κ3) is 3.86. The second kappa shape index (κ2) is 10.7. The molecule has 0 bridgehead atoms. The Kier molecular flexibility index (Phi) is 5.96. The summed E-state index contributed by atoms with van der Waals surface area (Å²) in [4.78, 5) is 2.66. The summed E-state index contributed by atoms with van der Waals surface area (Å²) in [5, 5.41) is 3.87. The van der Waals surface area contributed by atoms with Crippen LogP contribution in [0.1, 0.15) is 25.0 Å².